The lowest BCUT2D eigenvalue weighted by molar-refractivity contribution is -0.383. The number of hydrogen-bond acceptors (Lipinski definition) is 8. The van der Waals surface area contributed by atoms with Gasteiger partial charge in [-0.3, -0.25) is 14.8 Å². The van der Waals surface area contributed by atoms with Crippen molar-refractivity contribution in [3.05, 3.63) is 51.5 Å². The van der Waals surface area contributed by atoms with Crippen LogP contribution in [-0.2, 0) is 4.74 Å². The van der Waals surface area contributed by atoms with Crippen LogP contribution >= 0.6 is 11.6 Å². The molecule has 0 saturated carbocycles. The zero-order valence-corrected chi connectivity index (χ0v) is 16.3. The van der Waals surface area contributed by atoms with Gasteiger partial charge in [0.25, 0.3) is 0 Å². The Morgan fingerprint density at radius 2 is 2.10 bits per heavy atom. The maximum Gasteiger partial charge on any atom is 0.337 e. The van der Waals surface area contributed by atoms with Gasteiger partial charge in [-0.15, -0.1) is 0 Å². The monoisotopic (exact) mass is 433 g/mol. The van der Waals surface area contributed by atoms with Gasteiger partial charge in [-0.05, 0) is 25.0 Å². The minimum Gasteiger partial charge on any atom is -0.381 e. The minimum absolute atomic E-state index is 0.0231. The highest BCUT2D eigenvalue weighted by molar-refractivity contribution is 6.30. The fourth-order valence-electron chi connectivity index (χ4n) is 3.23. The molecule has 1 aliphatic heterocycles. The minimum atomic E-state index is -0.729. The van der Waals surface area contributed by atoms with Crippen LogP contribution in [0.2, 0.25) is 5.02 Å². The van der Waals surface area contributed by atoms with Crippen molar-refractivity contribution in [2.75, 3.05) is 24.3 Å². The van der Waals surface area contributed by atoms with Crippen LogP contribution < -0.4 is 11.1 Å². The van der Waals surface area contributed by atoms with E-state index in [-0.39, 0.29) is 34.1 Å². The van der Waals surface area contributed by atoms with E-state index in [9.17, 15) is 14.5 Å². The topological polar surface area (TPSA) is 134 Å². The molecule has 2 aromatic heterocycles. The molecular weight excluding hydrogens is 417 g/mol. The lowest BCUT2D eigenvalue weighted by atomic mass is 10.1. The molecule has 1 saturated heterocycles. The lowest BCUT2D eigenvalue weighted by Gasteiger charge is -2.22. The lowest BCUT2D eigenvalue weighted by Crippen LogP contribution is -2.19. The van der Waals surface area contributed by atoms with Gasteiger partial charge < -0.3 is 15.8 Å². The van der Waals surface area contributed by atoms with Crippen LogP contribution in [0.4, 0.5) is 27.5 Å². The molecule has 156 valence electrons. The Morgan fingerprint density at radius 1 is 1.33 bits per heavy atom. The van der Waals surface area contributed by atoms with Gasteiger partial charge in [0.2, 0.25) is 11.8 Å². The van der Waals surface area contributed by atoms with Crippen molar-refractivity contribution >= 4 is 34.7 Å². The second-order valence-corrected chi connectivity index (χ2v) is 7.10. The van der Waals surface area contributed by atoms with Gasteiger partial charge in [0.1, 0.15) is 5.82 Å². The summed E-state index contributed by atoms with van der Waals surface area (Å²) in [6.45, 7) is 1.35. The third-order valence-electron chi connectivity index (χ3n) is 4.71. The summed E-state index contributed by atoms with van der Waals surface area (Å²) in [6.07, 6.45) is 5.10. The second kappa shape index (κ2) is 8.20. The van der Waals surface area contributed by atoms with E-state index in [0.717, 1.165) is 18.9 Å². The molecule has 0 aliphatic carbocycles. The molecule has 3 heterocycles. The molecule has 4 rings (SSSR count). The van der Waals surface area contributed by atoms with E-state index in [4.69, 9.17) is 22.1 Å². The first-order chi connectivity index (χ1) is 14.4. The summed E-state index contributed by atoms with van der Waals surface area (Å²) in [5, 5.41) is 18.7. The number of benzene rings is 1. The van der Waals surface area contributed by atoms with Gasteiger partial charge in [-0.2, -0.15) is 10.1 Å². The van der Waals surface area contributed by atoms with Gasteiger partial charge in [-0.1, -0.05) is 17.7 Å². The van der Waals surface area contributed by atoms with Gasteiger partial charge in [0.05, 0.1) is 27.9 Å². The molecule has 12 heteroatoms. The van der Waals surface area contributed by atoms with E-state index in [2.05, 4.69) is 20.4 Å². The van der Waals surface area contributed by atoms with Gasteiger partial charge in [0.15, 0.2) is 5.69 Å². The molecule has 3 N–H and O–H groups in total. The number of nitrogens with zero attached hydrogens (tertiary/aromatic N) is 5. The Labute approximate surface area is 175 Å². The van der Waals surface area contributed by atoms with Crippen molar-refractivity contribution in [1.29, 1.82) is 0 Å². The summed E-state index contributed by atoms with van der Waals surface area (Å²) in [4.78, 5) is 19.0. The van der Waals surface area contributed by atoms with Crippen LogP contribution in [0.5, 0.6) is 0 Å². The molecule has 1 aromatic carbocycles. The van der Waals surface area contributed by atoms with E-state index in [1.165, 1.54) is 12.1 Å². The van der Waals surface area contributed by atoms with Crippen LogP contribution in [0, 0.1) is 15.9 Å². The molecule has 10 nitrogen and oxygen atoms in total. The Balaban J connectivity index is 1.67. The summed E-state index contributed by atoms with van der Waals surface area (Å²) in [6, 6.07) is 4.00. The first-order valence-electron chi connectivity index (χ1n) is 9.08. The van der Waals surface area contributed by atoms with Crippen LogP contribution in [0.25, 0.3) is 11.3 Å². The number of hydrogen-bond donors (Lipinski definition) is 2. The molecule has 0 atom stereocenters. The number of nitrogens with two attached hydrogens (primary N) is 1. The molecular formula is C18H17ClFN7O3. The summed E-state index contributed by atoms with van der Waals surface area (Å²) in [5.41, 5.74) is 5.92. The van der Waals surface area contributed by atoms with E-state index < -0.39 is 16.4 Å². The van der Waals surface area contributed by atoms with Crippen molar-refractivity contribution in [2.24, 2.45) is 0 Å². The first-order valence-corrected chi connectivity index (χ1v) is 9.46. The van der Waals surface area contributed by atoms with Gasteiger partial charge in [-0.25, -0.2) is 9.37 Å². The maximum atomic E-state index is 13.9. The van der Waals surface area contributed by atoms with E-state index in [1.54, 1.807) is 12.4 Å². The molecule has 3 aromatic rings. The smallest absolute Gasteiger partial charge is 0.337 e. The van der Waals surface area contributed by atoms with Crippen molar-refractivity contribution in [2.45, 2.75) is 18.9 Å². The van der Waals surface area contributed by atoms with Crippen molar-refractivity contribution < 1.29 is 14.1 Å². The Hall–Kier alpha value is -3.31. The van der Waals surface area contributed by atoms with Crippen LogP contribution in [-0.4, -0.2) is 37.9 Å². The molecule has 0 spiro atoms. The zero-order chi connectivity index (χ0) is 21.3. The van der Waals surface area contributed by atoms with Crippen LogP contribution in [0.1, 0.15) is 18.9 Å². The molecule has 1 aliphatic rings. The van der Waals surface area contributed by atoms with Crippen LogP contribution in [0.3, 0.4) is 0 Å². The second-order valence-electron chi connectivity index (χ2n) is 6.69. The predicted molar refractivity (Wildman–Crippen MR) is 108 cm³/mol. The quantitative estimate of drug-likeness (QED) is 0.459. The number of nitro groups is 1. The van der Waals surface area contributed by atoms with Crippen molar-refractivity contribution in [3.8, 4) is 11.3 Å². The Morgan fingerprint density at radius 3 is 2.80 bits per heavy atom. The molecule has 0 bridgehead atoms. The number of ether oxygens (including phenoxy) is 1. The first kappa shape index (κ1) is 20.0. The third kappa shape index (κ3) is 4.02. The maximum absolute atomic E-state index is 13.9. The number of aromatic nitrogens is 4. The molecule has 0 radical (unpaired) electrons. The largest absolute Gasteiger partial charge is 0.381 e. The average molecular weight is 434 g/mol. The molecule has 0 amide bonds. The fourth-order valence-corrected chi connectivity index (χ4v) is 3.35. The fraction of sp³-hybridized carbons (Fsp3) is 0.278. The number of nitrogens with one attached hydrogen (secondary N) is 1. The standard InChI is InChI=1S/C18H17ClFN7O3/c19-13-2-1-10(7-14(13)20)15-16(27(28)29)17(21)25-18(24-15)23-11-8-22-26(9-11)12-3-5-30-6-4-12/h1-2,7-9,12H,3-6H2,(H3,21,23,24,25). The zero-order valence-electron chi connectivity index (χ0n) is 15.6. The molecule has 0 unspecified atom stereocenters. The van der Waals surface area contributed by atoms with Crippen LogP contribution in [0.15, 0.2) is 30.6 Å². The Kier molecular flexibility index (Phi) is 5.46. The number of halogens is 2. The van der Waals surface area contributed by atoms with E-state index >= 15 is 0 Å². The number of rotatable bonds is 5. The number of nitrogen functional groups attached to an aromatic ring is 1. The van der Waals surface area contributed by atoms with Gasteiger partial charge >= 0.3 is 5.69 Å². The number of anilines is 3. The van der Waals surface area contributed by atoms with Crippen molar-refractivity contribution in [3.63, 3.8) is 0 Å². The van der Waals surface area contributed by atoms with Gasteiger partial charge in [0, 0.05) is 25.0 Å². The highest BCUT2D eigenvalue weighted by atomic mass is 35.5. The average Bonchev–Trinajstić information content (AvgIpc) is 3.18. The molecule has 30 heavy (non-hydrogen) atoms. The predicted octanol–water partition coefficient (Wildman–Crippen LogP) is 3.72. The highest BCUT2D eigenvalue weighted by Gasteiger charge is 2.25. The summed E-state index contributed by atoms with van der Waals surface area (Å²) >= 11 is 5.71. The highest BCUT2D eigenvalue weighted by Crippen LogP contribution is 2.35. The third-order valence-corrected chi connectivity index (χ3v) is 5.02. The normalized spacial score (nSPS) is 14.6. The summed E-state index contributed by atoms with van der Waals surface area (Å²) < 4.78 is 21.1. The molecule has 1 fully saturated rings. The summed E-state index contributed by atoms with van der Waals surface area (Å²) in [7, 11) is 0. The Bertz CT molecular complexity index is 1100. The van der Waals surface area contributed by atoms with E-state index in [1.807, 2.05) is 4.68 Å². The summed E-state index contributed by atoms with van der Waals surface area (Å²) in [5.74, 6) is -1.05. The van der Waals surface area contributed by atoms with Crippen molar-refractivity contribution in [1.82, 2.24) is 19.7 Å². The SMILES string of the molecule is Nc1nc(Nc2cnn(C3CCOCC3)c2)nc(-c2ccc(Cl)c(F)c2)c1[N+](=O)[O-]. The van der Waals surface area contributed by atoms with E-state index in [0.29, 0.717) is 18.9 Å².